The van der Waals surface area contributed by atoms with Crippen LogP contribution in [0.3, 0.4) is 0 Å². The predicted octanol–water partition coefficient (Wildman–Crippen LogP) is 3.27. The lowest BCUT2D eigenvalue weighted by molar-refractivity contribution is -0.384. The van der Waals surface area contributed by atoms with E-state index in [0.717, 1.165) is 11.8 Å². The number of non-ortho nitro benzene ring substituents is 1. The number of H-pyrrole nitrogens is 1. The molecule has 27 heavy (non-hydrogen) atoms. The van der Waals surface area contributed by atoms with Gasteiger partial charge in [0.2, 0.25) is 11.1 Å². The summed E-state index contributed by atoms with van der Waals surface area (Å²) in [4.78, 5) is 28.1. The van der Waals surface area contributed by atoms with Crippen molar-refractivity contribution in [1.29, 1.82) is 0 Å². The van der Waals surface area contributed by atoms with Crippen molar-refractivity contribution in [2.45, 2.75) is 5.16 Å². The van der Waals surface area contributed by atoms with E-state index in [2.05, 4.69) is 15.2 Å². The largest absolute Gasteiger partial charge is 0.315 e. The van der Waals surface area contributed by atoms with Crippen LogP contribution in [0.25, 0.3) is 11.4 Å². The number of hydrogen-bond donors (Lipinski definition) is 1. The van der Waals surface area contributed by atoms with E-state index in [4.69, 9.17) is 0 Å². The van der Waals surface area contributed by atoms with Crippen LogP contribution < -0.4 is 4.90 Å². The minimum Gasteiger partial charge on any atom is -0.315 e. The Kier molecular flexibility index (Phi) is 5.46. The molecule has 0 aliphatic carbocycles. The second-order valence-corrected chi connectivity index (χ2v) is 6.40. The molecule has 10 heteroatoms. The number of rotatable bonds is 6. The van der Waals surface area contributed by atoms with Crippen molar-refractivity contribution in [2.75, 3.05) is 17.7 Å². The Morgan fingerprint density at radius 2 is 1.96 bits per heavy atom. The number of benzene rings is 2. The molecule has 0 fully saturated rings. The molecule has 1 heterocycles. The maximum Gasteiger partial charge on any atom is 0.269 e. The van der Waals surface area contributed by atoms with E-state index in [1.54, 1.807) is 25.2 Å². The van der Waals surface area contributed by atoms with Crippen molar-refractivity contribution in [3.8, 4) is 11.4 Å². The van der Waals surface area contributed by atoms with Gasteiger partial charge in [-0.3, -0.25) is 20.0 Å². The smallest absolute Gasteiger partial charge is 0.269 e. The van der Waals surface area contributed by atoms with E-state index in [1.165, 1.54) is 35.2 Å². The Morgan fingerprint density at radius 3 is 2.63 bits per heavy atom. The molecule has 3 rings (SSSR count). The molecule has 0 radical (unpaired) electrons. The van der Waals surface area contributed by atoms with Crippen LogP contribution in [0.15, 0.2) is 53.7 Å². The topological polar surface area (TPSA) is 105 Å². The first-order valence-corrected chi connectivity index (χ1v) is 8.75. The average Bonchev–Trinajstić information content (AvgIpc) is 3.14. The monoisotopic (exact) mass is 387 g/mol. The summed E-state index contributed by atoms with van der Waals surface area (Å²) in [6.07, 6.45) is 0. The van der Waals surface area contributed by atoms with Crippen molar-refractivity contribution >= 4 is 29.0 Å². The first-order valence-electron chi connectivity index (χ1n) is 7.77. The molecule has 3 aromatic rings. The normalized spacial score (nSPS) is 10.6. The molecule has 0 atom stereocenters. The number of carbonyl (C=O) groups is 1. The zero-order chi connectivity index (χ0) is 19.4. The molecule has 0 unspecified atom stereocenters. The highest BCUT2D eigenvalue weighted by atomic mass is 32.2. The summed E-state index contributed by atoms with van der Waals surface area (Å²) < 4.78 is 13.8. The van der Waals surface area contributed by atoms with Crippen LogP contribution in [0, 0.1) is 15.9 Å². The number of nitro groups is 1. The highest BCUT2D eigenvalue weighted by Gasteiger charge is 2.15. The van der Waals surface area contributed by atoms with Crippen molar-refractivity contribution in [1.82, 2.24) is 15.2 Å². The van der Waals surface area contributed by atoms with E-state index < -0.39 is 10.7 Å². The number of aromatic amines is 1. The molecule has 0 bridgehead atoms. The van der Waals surface area contributed by atoms with Crippen molar-refractivity contribution in [3.63, 3.8) is 0 Å². The average molecular weight is 387 g/mol. The van der Waals surface area contributed by atoms with Crippen LogP contribution in [0.2, 0.25) is 0 Å². The fourth-order valence-corrected chi connectivity index (χ4v) is 2.96. The Labute approximate surface area is 157 Å². The van der Waals surface area contributed by atoms with Gasteiger partial charge in [-0.05, 0) is 24.3 Å². The minimum atomic E-state index is -0.502. The van der Waals surface area contributed by atoms with E-state index >= 15 is 0 Å². The van der Waals surface area contributed by atoms with Gasteiger partial charge in [0.05, 0.1) is 16.2 Å². The number of nitrogens with one attached hydrogen (secondary N) is 1. The third-order valence-electron chi connectivity index (χ3n) is 3.74. The highest BCUT2D eigenvalue weighted by Crippen LogP contribution is 2.23. The molecule has 1 N–H and O–H groups in total. The molecular formula is C17H14FN5O3S. The molecule has 1 amide bonds. The molecule has 0 saturated heterocycles. The summed E-state index contributed by atoms with van der Waals surface area (Å²) in [6, 6.07) is 11.9. The maximum absolute atomic E-state index is 13.8. The van der Waals surface area contributed by atoms with Gasteiger partial charge in [-0.1, -0.05) is 23.9 Å². The van der Waals surface area contributed by atoms with Gasteiger partial charge in [0.15, 0.2) is 5.82 Å². The van der Waals surface area contributed by atoms with Gasteiger partial charge >= 0.3 is 0 Å². The van der Waals surface area contributed by atoms with E-state index in [9.17, 15) is 19.3 Å². The first-order chi connectivity index (χ1) is 13.0. The molecule has 138 valence electrons. The van der Waals surface area contributed by atoms with E-state index in [-0.39, 0.29) is 23.2 Å². The molecule has 2 aromatic carbocycles. The lowest BCUT2D eigenvalue weighted by Gasteiger charge is -2.16. The maximum atomic E-state index is 13.8. The molecule has 0 spiro atoms. The predicted molar refractivity (Wildman–Crippen MR) is 99.0 cm³/mol. The fourth-order valence-electron chi connectivity index (χ4n) is 2.25. The summed E-state index contributed by atoms with van der Waals surface area (Å²) >= 11 is 1.11. The Morgan fingerprint density at radius 1 is 1.26 bits per heavy atom. The Balaban J connectivity index is 1.62. The number of hydrogen-bond acceptors (Lipinski definition) is 6. The second-order valence-electron chi connectivity index (χ2n) is 5.46. The van der Waals surface area contributed by atoms with Gasteiger partial charge in [0.1, 0.15) is 5.82 Å². The lowest BCUT2D eigenvalue weighted by Crippen LogP contribution is -2.27. The first kappa shape index (κ1) is 18.5. The van der Waals surface area contributed by atoms with Crippen molar-refractivity contribution < 1.29 is 14.1 Å². The fraction of sp³-hybridized carbons (Fsp3) is 0.118. The van der Waals surface area contributed by atoms with Gasteiger partial charge in [0, 0.05) is 24.9 Å². The summed E-state index contributed by atoms with van der Waals surface area (Å²) in [5, 5.41) is 17.6. The summed E-state index contributed by atoms with van der Waals surface area (Å²) in [5.74, 6) is -0.306. The number of nitro benzene ring substituents is 1. The van der Waals surface area contributed by atoms with Crippen molar-refractivity contribution in [3.05, 3.63) is 64.5 Å². The van der Waals surface area contributed by atoms with Crippen LogP contribution in [0.5, 0.6) is 0 Å². The van der Waals surface area contributed by atoms with Gasteiger partial charge in [-0.2, -0.15) is 0 Å². The number of thioether (sulfide) groups is 1. The van der Waals surface area contributed by atoms with E-state index in [1.807, 2.05) is 0 Å². The molecule has 1 aromatic heterocycles. The van der Waals surface area contributed by atoms with Crippen molar-refractivity contribution in [2.24, 2.45) is 0 Å². The minimum absolute atomic E-state index is 0.0460. The molecule has 8 nitrogen and oxygen atoms in total. The molecule has 0 aliphatic rings. The van der Waals surface area contributed by atoms with Crippen LogP contribution in [-0.2, 0) is 4.79 Å². The Hall–Kier alpha value is -3.27. The second kappa shape index (κ2) is 7.96. The summed E-state index contributed by atoms with van der Waals surface area (Å²) in [6.45, 7) is 0. The summed E-state index contributed by atoms with van der Waals surface area (Å²) in [5.41, 5.74) is 0.787. The number of carbonyl (C=O) groups excluding carboxylic acids is 1. The zero-order valence-corrected chi connectivity index (χ0v) is 14.9. The van der Waals surface area contributed by atoms with Gasteiger partial charge in [0.25, 0.3) is 5.69 Å². The zero-order valence-electron chi connectivity index (χ0n) is 14.1. The van der Waals surface area contributed by atoms with Crippen LogP contribution in [-0.4, -0.2) is 38.8 Å². The molecule has 0 aliphatic heterocycles. The quantitative estimate of drug-likeness (QED) is 0.395. The molecular weight excluding hydrogens is 373 g/mol. The van der Waals surface area contributed by atoms with E-state index in [0.29, 0.717) is 16.4 Å². The number of halogens is 1. The van der Waals surface area contributed by atoms with Crippen LogP contribution >= 0.6 is 11.8 Å². The van der Waals surface area contributed by atoms with Gasteiger partial charge < -0.3 is 4.90 Å². The third-order valence-corrected chi connectivity index (χ3v) is 4.57. The van der Waals surface area contributed by atoms with Gasteiger partial charge in [-0.15, -0.1) is 5.10 Å². The SMILES string of the molecule is CN(C(=O)CSc1n[nH]c(-c2ccccc2F)n1)c1ccc([N+](=O)[O-])cc1. The molecule has 0 saturated carbocycles. The van der Waals surface area contributed by atoms with Crippen LogP contribution in [0.4, 0.5) is 15.8 Å². The number of nitrogens with zero attached hydrogens (tertiary/aromatic N) is 4. The summed E-state index contributed by atoms with van der Waals surface area (Å²) in [7, 11) is 1.58. The van der Waals surface area contributed by atoms with Gasteiger partial charge in [-0.25, -0.2) is 9.37 Å². The number of aromatic nitrogens is 3. The number of amides is 1. The third kappa shape index (κ3) is 4.29. The lowest BCUT2D eigenvalue weighted by atomic mass is 10.2. The number of anilines is 1. The highest BCUT2D eigenvalue weighted by molar-refractivity contribution is 7.99. The Bertz CT molecular complexity index is 977. The standard InChI is InChI=1S/C17H14FN5O3S/c1-22(11-6-8-12(9-7-11)23(25)26)15(24)10-27-17-19-16(20-21-17)13-4-2-3-5-14(13)18/h2-9H,10H2,1H3,(H,19,20,21). The van der Waals surface area contributed by atoms with Crippen LogP contribution in [0.1, 0.15) is 0 Å².